The van der Waals surface area contributed by atoms with Crippen LogP contribution in [0.1, 0.15) is 38.7 Å². The molecule has 0 aliphatic carbocycles. The van der Waals surface area contributed by atoms with Crippen LogP contribution in [-0.4, -0.2) is 37.0 Å². The van der Waals surface area contributed by atoms with Gasteiger partial charge in [0.2, 0.25) is 11.8 Å². The largest absolute Gasteiger partial charge is 0.354 e. The minimum absolute atomic E-state index is 0.0589. The minimum atomic E-state index is -0.462. The molecule has 2 atom stereocenters. The Morgan fingerprint density at radius 3 is 2.62 bits per heavy atom. The van der Waals surface area contributed by atoms with Gasteiger partial charge in [-0.25, -0.2) is 0 Å². The molecule has 1 aliphatic heterocycles. The molecule has 5 heteroatoms. The van der Waals surface area contributed by atoms with Gasteiger partial charge in [0.15, 0.2) is 0 Å². The summed E-state index contributed by atoms with van der Waals surface area (Å²) >= 11 is 0. The highest BCUT2D eigenvalue weighted by molar-refractivity contribution is 5.89. The van der Waals surface area contributed by atoms with Crippen LogP contribution in [0.5, 0.6) is 0 Å². The second-order valence-corrected chi connectivity index (χ2v) is 6.87. The molecule has 5 nitrogen and oxygen atoms in total. The zero-order valence-electron chi connectivity index (χ0n) is 14.7. The van der Waals surface area contributed by atoms with Gasteiger partial charge >= 0.3 is 0 Å². The van der Waals surface area contributed by atoms with Crippen molar-refractivity contribution in [3.8, 4) is 0 Å². The molecule has 0 saturated carbocycles. The van der Waals surface area contributed by atoms with Crippen molar-refractivity contribution in [1.82, 2.24) is 16.0 Å². The van der Waals surface area contributed by atoms with E-state index in [4.69, 9.17) is 0 Å². The van der Waals surface area contributed by atoms with E-state index in [0.29, 0.717) is 18.9 Å². The summed E-state index contributed by atoms with van der Waals surface area (Å²) in [7, 11) is 0. The van der Waals surface area contributed by atoms with Crippen molar-refractivity contribution < 1.29 is 9.59 Å². The lowest BCUT2D eigenvalue weighted by Gasteiger charge is -2.22. The summed E-state index contributed by atoms with van der Waals surface area (Å²) in [6.07, 6.45) is 3.29. The maximum Gasteiger partial charge on any atom is 0.242 e. The van der Waals surface area contributed by atoms with Gasteiger partial charge in [0.25, 0.3) is 0 Å². The van der Waals surface area contributed by atoms with Crippen molar-refractivity contribution in [2.45, 2.75) is 51.6 Å². The molecule has 24 heavy (non-hydrogen) atoms. The maximum absolute atomic E-state index is 12.5. The van der Waals surface area contributed by atoms with Gasteiger partial charge in [-0.05, 0) is 43.7 Å². The monoisotopic (exact) mass is 331 g/mol. The number of hydrogen-bond donors (Lipinski definition) is 3. The molecule has 1 aromatic carbocycles. The molecule has 0 aromatic heterocycles. The zero-order chi connectivity index (χ0) is 17.4. The van der Waals surface area contributed by atoms with Gasteiger partial charge in [0.1, 0.15) is 6.04 Å². The first-order valence-corrected chi connectivity index (χ1v) is 8.91. The van der Waals surface area contributed by atoms with E-state index in [1.165, 1.54) is 5.56 Å². The van der Waals surface area contributed by atoms with Crippen LogP contribution in [0.2, 0.25) is 0 Å². The number of nitrogens with one attached hydrogen (secondary N) is 3. The Morgan fingerprint density at radius 2 is 2.00 bits per heavy atom. The van der Waals surface area contributed by atoms with Crippen LogP contribution in [0.15, 0.2) is 30.3 Å². The number of rotatable bonds is 8. The van der Waals surface area contributed by atoms with Crippen molar-refractivity contribution >= 4 is 11.8 Å². The van der Waals surface area contributed by atoms with Gasteiger partial charge in [-0.3, -0.25) is 9.59 Å². The lowest BCUT2D eigenvalue weighted by Crippen LogP contribution is -2.52. The SMILES string of the molecule is CC(C)C[C@H](NC(=O)[C@@H]1CCCN1)C(=O)NCCc1ccccc1. The van der Waals surface area contributed by atoms with Gasteiger partial charge in [0.05, 0.1) is 6.04 Å². The third kappa shape index (κ3) is 5.96. The molecule has 0 unspecified atom stereocenters. The van der Waals surface area contributed by atoms with E-state index in [9.17, 15) is 9.59 Å². The van der Waals surface area contributed by atoms with E-state index in [1.807, 2.05) is 30.3 Å². The average Bonchev–Trinajstić information content (AvgIpc) is 3.09. The van der Waals surface area contributed by atoms with Crippen molar-refractivity contribution in [2.24, 2.45) is 5.92 Å². The molecular weight excluding hydrogens is 302 g/mol. The molecule has 1 aliphatic rings. The summed E-state index contributed by atoms with van der Waals surface area (Å²) in [5.74, 6) is 0.189. The van der Waals surface area contributed by atoms with Gasteiger partial charge in [-0.1, -0.05) is 44.2 Å². The van der Waals surface area contributed by atoms with Crippen LogP contribution in [0.3, 0.4) is 0 Å². The van der Waals surface area contributed by atoms with Crippen LogP contribution in [0.4, 0.5) is 0 Å². The molecule has 2 rings (SSSR count). The average molecular weight is 331 g/mol. The fourth-order valence-electron chi connectivity index (χ4n) is 2.98. The smallest absolute Gasteiger partial charge is 0.242 e. The van der Waals surface area contributed by atoms with E-state index in [0.717, 1.165) is 25.8 Å². The molecule has 132 valence electrons. The molecule has 2 amide bonds. The summed E-state index contributed by atoms with van der Waals surface area (Å²) in [5, 5.41) is 9.06. The molecule has 1 aromatic rings. The summed E-state index contributed by atoms with van der Waals surface area (Å²) in [6, 6.07) is 9.44. The van der Waals surface area contributed by atoms with Crippen LogP contribution in [0, 0.1) is 5.92 Å². The first-order valence-electron chi connectivity index (χ1n) is 8.91. The Kier molecular flexibility index (Phi) is 7.25. The van der Waals surface area contributed by atoms with Crippen molar-refractivity contribution in [1.29, 1.82) is 0 Å². The van der Waals surface area contributed by atoms with Gasteiger partial charge < -0.3 is 16.0 Å². The molecule has 1 saturated heterocycles. The highest BCUT2D eigenvalue weighted by Crippen LogP contribution is 2.09. The van der Waals surface area contributed by atoms with E-state index in [-0.39, 0.29) is 17.9 Å². The molecule has 0 bridgehead atoms. The molecular formula is C19H29N3O2. The van der Waals surface area contributed by atoms with Crippen molar-refractivity contribution in [3.63, 3.8) is 0 Å². The summed E-state index contributed by atoms with van der Waals surface area (Å²) < 4.78 is 0. The van der Waals surface area contributed by atoms with Gasteiger partial charge in [-0.15, -0.1) is 0 Å². The Bertz CT molecular complexity index is 525. The first-order chi connectivity index (χ1) is 11.6. The third-order valence-electron chi connectivity index (χ3n) is 4.27. The first kappa shape index (κ1) is 18.5. The highest BCUT2D eigenvalue weighted by atomic mass is 16.2. The Balaban J connectivity index is 1.83. The highest BCUT2D eigenvalue weighted by Gasteiger charge is 2.27. The number of amides is 2. The molecule has 0 spiro atoms. The maximum atomic E-state index is 12.5. The van der Waals surface area contributed by atoms with E-state index in [1.54, 1.807) is 0 Å². The van der Waals surface area contributed by atoms with Crippen LogP contribution >= 0.6 is 0 Å². The Morgan fingerprint density at radius 1 is 1.25 bits per heavy atom. The zero-order valence-corrected chi connectivity index (χ0v) is 14.7. The second kappa shape index (κ2) is 9.42. The lowest BCUT2D eigenvalue weighted by molar-refractivity contribution is -0.130. The number of hydrogen-bond acceptors (Lipinski definition) is 3. The normalized spacial score (nSPS) is 18.4. The lowest BCUT2D eigenvalue weighted by atomic mass is 10.0. The van der Waals surface area contributed by atoms with E-state index >= 15 is 0 Å². The van der Waals surface area contributed by atoms with Crippen LogP contribution in [-0.2, 0) is 16.0 Å². The van der Waals surface area contributed by atoms with Crippen molar-refractivity contribution in [2.75, 3.05) is 13.1 Å². The Labute approximate surface area is 144 Å². The van der Waals surface area contributed by atoms with Crippen LogP contribution in [0.25, 0.3) is 0 Å². The number of benzene rings is 1. The standard InChI is InChI=1S/C19H29N3O2/c1-14(2)13-17(22-19(24)16-9-6-11-20-16)18(23)21-12-10-15-7-4-3-5-8-15/h3-5,7-8,14,16-17,20H,6,9-13H2,1-2H3,(H,21,23)(H,22,24)/t16-,17-/m0/s1. The second-order valence-electron chi connectivity index (χ2n) is 6.87. The minimum Gasteiger partial charge on any atom is -0.354 e. The number of carbonyl (C=O) groups excluding carboxylic acids is 2. The molecule has 1 heterocycles. The summed E-state index contributed by atoms with van der Waals surface area (Å²) in [4.78, 5) is 24.8. The van der Waals surface area contributed by atoms with Crippen LogP contribution < -0.4 is 16.0 Å². The topological polar surface area (TPSA) is 70.2 Å². The molecule has 1 fully saturated rings. The fourth-order valence-corrected chi connectivity index (χ4v) is 2.98. The summed E-state index contributed by atoms with van der Waals surface area (Å²) in [6.45, 7) is 5.57. The summed E-state index contributed by atoms with van der Waals surface area (Å²) in [5.41, 5.74) is 1.19. The fraction of sp³-hybridized carbons (Fsp3) is 0.579. The predicted molar refractivity (Wildman–Crippen MR) is 95.6 cm³/mol. The Hall–Kier alpha value is -1.88. The van der Waals surface area contributed by atoms with E-state index < -0.39 is 6.04 Å². The van der Waals surface area contributed by atoms with E-state index in [2.05, 4.69) is 29.8 Å². The van der Waals surface area contributed by atoms with Crippen molar-refractivity contribution in [3.05, 3.63) is 35.9 Å². The predicted octanol–water partition coefficient (Wildman–Crippen LogP) is 1.63. The third-order valence-corrected chi connectivity index (χ3v) is 4.27. The molecule has 0 radical (unpaired) electrons. The quantitative estimate of drug-likeness (QED) is 0.678. The van der Waals surface area contributed by atoms with Gasteiger partial charge in [0, 0.05) is 6.54 Å². The molecule has 3 N–H and O–H groups in total. The van der Waals surface area contributed by atoms with Gasteiger partial charge in [-0.2, -0.15) is 0 Å². The number of carbonyl (C=O) groups is 2.